The van der Waals surface area contributed by atoms with Crippen molar-refractivity contribution in [2.75, 3.05) is 39.8 Å². The van der Waals surface area contributed by atoms with Crippen LogP contribution in [0.5, 0.6) is 0 Å². The zero-order valence-corrected chi connectivity index (χ0v) is 14.7. The second-order valence-electron chi connectivity index (χ2n) is 8.88. The van der Waals surface area contributed by atoms with Crippen LogP contribution in [-0.2, 0) is 0 Å². The number of hydrogen-bond donors (Lipinski definition) is 2. The summed E-state index contributed by atoms with van der Waals surface area (Å²) in [5.41, 5.74) is 4.22. The van der Waals surface area contributed by atoms with E-state index in [1.165, 1.54) is 64.8 Å². The number of hydrogen-bond acceptors (Lipinski definition) is 0. The van der Waals surface area contributed by atoms with Crippen LogP contribution in [0.4, 0.5) is 0 Å². The van der Waals surface area contributed by atoms with Gasteiger partial charge in [0, 0.05) is 5.92 Å². The third-order valence-electron chi connectivity index (χ3n) is 6.72. The summed E-state index contributed by atoms with van der Waals surface area (Å²) in [6.45, 7) is 14.5. The number of allylic oxidation sites excluding steroid dienone is 2. The predicted octanol–water partition coefficient (Wildman–Crippen LogP) is 0.952. The molecule has 3 aliphatic rings. The fourth-order valence-electron chi connectivity index (χ4n) is 5.07. The summed E-state index contributed by atoms with van der Waals surface area (Å²) in [7, 11) is 2.35. The Labute approximate surface area is 131 Å². The third-order valence-corrected chi connectivity index (χ3v) is 6.72. The standard InChI is InChI=1S/C19H34N2/c1-15-12-16-6-5-7-19(2,3)18(16)13-17(15)14-21-10-8-20(4)9-11-21/h15,17H,5-14H2,1-4H3/p+2/t15-,17-/m1/s1. The highest BCUT2D eigenvalue weighted by molar-refractivity contribution is 5.27. The lowest BCUT2D eigenvalue weighted by Crippen LogP contribution is -3.27. The van der Waals surface area contributed by atoms with Crippen LogP contribution in [0.25, 0.3) is 0 Å². The molecule has 2 nitrogen and oxygen atoms in total. The minimum atomic E-state index is 0.494. The predicted molar refractivity (Wildman–Crippen MR) is 88.7 cm³/mol. The van der Waals surface area contributed by atoms with Crippen LogP contribution in [0, 0.1) is 17.3 Å². The van der Waals surface area contributed by atoms with Crippen molar-refractivity contribution in [3.63, 3.8) is 0 Å². The highest BCUT2D eigenvalue weighted by Gasteiger charge is 2.38. The molecule has 3 rings (SSSR count). The Morgan fingerprint density at radius 3 is 2.52 bits per heavy atom. The van der Waals surface area contributed by atoms with Crippen molar-refractivity contribution in [3.8, 4) is 0 Å². The molecule has 2 aliphatic carbocycles. The maximum Gasteiger partial charge on any atom is 0.127 e. The van der Waals surface area contributed by atoms with Gasteiger partial charge in [0.15, 0.2) is 0 Å². The molecular formula is C19H36N2+2. The van der Waals surface area contributed by atoms with E-state index < -0.39 is 0 Å². The van der Waals surface area contributed by atoms with Crippen molar-refractivity contribution in [2.45, 2.75) is 52.9 Å². The highest BCUT2D eigenvalue weighted by Crippen LogP contribution is 2.49. The fraction of sp³-hybridized carbons (Fsp3) is 0.895. The monoisotopic (exact) mass is 292 g/mol. The Morgan fingerprint density at radius 1 is 1.10 bits per heavy atom. The van der Waals surface area contributed by atoms with Crippen molar-refractivity contribution in [1.29, 1.82) is 0 Å². The Morgan fingerprint density at radius 2 is 1.81 bits per heavy atom. The minimum absolute atomic E-state index is 0.494. The van der Waals surface area contributed by atoms with Crippen LogP contribution < -0.4 is 9.80 Å². The zero-order chi connectivity index (χ0) is 15.0. The van der Waals surface area contributed by atoms with Gasteiger partial charge in [-0.3, -0.25) is 0 Å². The van der Waals surface area contributed by atoms with Gasteiger partial charge in [0.1, 0.15) is 26.2 Å². The first-order chi connectivity index (χ1) is 9.95. The summed E-state index contributed by atoms with van der Waals surface area (Å²) < 4.78 is 0. The Bertz CT molecular complexity index is 402. The van der Waals surface area contributed by atoms with Crippen LogP contribution in [0.3, 0.4) is 0 Å². The van der Waals surface area contributed by atoms with Crippen molar-refractivity contribution >= 4 is 0 Å². The fourth-order valence-corrected chi connectivity index (χ4v) is 5.07. The van der Waals surface area contributed by atoms with Crippen molar-refractivity contribution in [3.05, 3.63) is 11.1 Å². The topological polar surface area (TPSA) is 8.88 Å². The van der Waals surface area contributed by atoms with Gasteiger partial charge in [-0.2, -0.15) is 0 Å². The van der Waals surface area contributed by atoms with Gasteiger partial charge in [-0.05, 0) is 43.4 Å². The molecule has 2 N–H and O–H groups in total. The molecule has 0 spiro atoms. The largest absolute Gasteiger partial charge is 0.328 e. The van der Waals surface area contributed by atoms with Gasteiger partial charge in [0.05, 0.1) is 13.6 Å². The van der Waals surface area contributed by atoms with E-state index in [0.29, 0.717) is 5.41 Å². The number of piperazine rings is 1. The normalized spacial score (nSPS) is 40.0. The van der Waals surface area contributed by atoms with E-state index in [-0.39, 0.29) is 0 Å². The molecule has 0 aromatic heterocycles. The lowest BCUT2D eigenvalue weighted by atomic mass is 9.63. The summed E-state index contributed by atoms with van der Waals surface area (Å²) >= 11 is 0. The third kappa shape index (κ3) is 3.37. The summed E-state index contributed by atoms with van der Waals surface area (Å²) in [5.74, 6) is 1.85. The maximum atomic E-state index is 2.52. The molecule has 1 fully saturated rings. The smallest absolute Gasteiger partial charge is 0.127 e. The van der Waals surface area contributed by atoms with Crippen molar-refractivity contribution in [2.24, 2.45) is 17.3 Å². The lowest BCUT2D eigenvalue weighted by Gasteiger charge is -2.43. The quantitative estimate of drug-likeness (QED) is 0.702. The molecule has 21 heavy (non-hydrogen) atoms. The molecule has 0 amide bonds. The molecule has 1 aliphatic heterocycles. The van der Waals surface area contributed by atoms with Gasteiger partial charge in [-0.25, -0.2) is 0 Å². The average molecular weight is 293 g/mol. The summed E-state index contributed by atoms with van der Waals surface area (Å²) in [5, 5.41) is 0. The Balaban J connectivity index is 1.66. The second-order valence-corrected chi connectivity index (χ2v) is 8.88. The minimum Gasteiger partial charge on any atom is -0.328 e. The Kier molecular flexibility index (Phi) is 4.47. The number of likely N-dealkylation sites (N-methyl/N-ethyl adjacent to an activating group) is 1. The number of nitrogens with one attached hydrogen (secondary N) is 2. The van der Waals surface area contributed by atoms with E-state index in [0.717, 1.165) is 11.8 Å². The van der Waals surface area contributed by atoms with E-state index in [1.54, 1.807) is 4.90 Å². The summed E-state index contributed by atoms with van der Waals surface area (Å²) in [4.78, 5) is 3.61. The molecule has 2 atom stereocenters. The van der Waals surface area contributed by atoms with Crippen molar-refractivity contribution < 1.29 is 9.80 Å². The van der Waals surface area contributed by atoms with Gasteiger partial charge in [-0.1, -0.05) is 31.9 Å². The maximum absolute atomic E-state index is 2.52. The van der Waals surface area contributed by atoms with Crippen LogP contribution in [0.15, 0.2) is 11.1 Å². The second kappa shape index (κ2) is 6.04. The Hall–Kier alpha value is -0.340. The number of rotatable bonds is 2. The highest BCUT2D eigenvalue weighted by atomic mass is 15.2. The molecule has 2 heteroatoms. The molecule has 120 valence electrons. The van der Waals surface area contributed by atoms with E-state index in [1.807, 2.05) is 16.0 Å². The first kappa shape index (κ1) is 15.6. The molecule has 0 unspecified atom stereocenters. The zero-order valence-electron chi connectivity index (χ0n) is 14.7. The first-order valence-electron chi connectivity index (χ1n) is 9.32. The number of quaternary nitrogens is 2. The van der Waals surface area contributed by atoms with Crippen LogP contribution in [0.2, 0.25) is 0 Å². The SMILES string of the molecule is C[C@@H]1CC2=C(C[C@@H]1C[NH+]1CC[NH+](C)CC1)C(C)(C)CCC2. The molecule has 0 saturated carbocycles. The first-order valence-corrected chi connectivity index (χ1v) is 9.32. The molecule has 1 saturated heterocycles. The molecule has 0 aromatic rings. The van der Waals surface area contributed by atoms with Gasteiger partial charge in [0.2, 0.25) is 0 Å². The van der Waals surface area contributed by atoms with E-state index >= 15 is 0 Å². The van der Waals surface area contributed by atoms with Crippen LogP contribution >= 0.6 is 0 Å². The molecule has 0 radical (unpaired) electrons. The van der Waals surface area contributed by atoms with Gasteiger partial charge in [-0.15, -0.1) is 0 Å². The van der Waals surface area contributed by atoms with Crippen molar-refractivity contribution in [1.82, 2.24) is 0 Å². The van der Waals surface area contributed by atoms with Crippen LogP contribution in [0.1, 0.15) is 52.9 Å². The van der Waals surface area contributed by atoms with Gasteiger partial charge < -0.3 is 9.80 Å². The molecule has 0 aromatic carbocycles. The molecule has 1 heterocycles. The van der Waals surface area contributed by atoms with E-state index in [4.69, 9.17) is 0 Å². The summed E-state index contributed by atoms with van der Waals surface area (Å²) in [6, 6.07) is 0. The van der Waals surface area contributed by atoms with Crippen LogP contribution in [-0.4, -0.2) is 39.8 Å². The summed E-state index contributed by atoms with van der Waals surface area (Å²) in [6.07, 6.45) is 7.06. The van der Waals surface area contributed by atoms with E-state index in [2.05, 4.69) is 27.8 Å². The van der Waals surface area contributed by atoms with E-state index in [9.17, 15) is 0 Å². The van der Waals surface area contributed by atoms with Gasteiger partial charge in [0.25, 0.3) is 0 Å². The van der Waals surface area contributed by atoms with Gasteiger partial charge >= 0.3 is 0 Å². The molecular weight excluding hydrogens is 256 g/mol. The molecule has 0 bridgehead atoms. The average Bonchev–Trinajstić information content (AvgIpc) is 2.42. The lowest BCUT2D eigenvalue weighted by molar-refractivity contribution is -1.01.